The summed E-state index contributed by atoms with van der Waals surface area (Å²) in [5.41, 5.74) is 0.380. The fraction of sp³-hybridized carbons (Fsp3) is 0.231. The lowest BCUT2D eigenvalue weighted by Crippen LogP contribution is -2.01. The van der Waals surface area contributed by atoms with Crippen molar-refractivity contribution in [2.75, 3.05) is 0 Å². The third-order valence-corrected chi connectivity index (χ3v) is 2.68. The molecule has 1 aromatic carbocycles. The van der Waals surface area contributed by atoms with E-state index in [0.717, 1.165) is 16.8 Å². The van der Waals surface area contributed by atoms with Crippen molar-refractivity contribution in [1.29, 1.82) is 0 Å². The van der Waals surface area contributed by atoms with Crippen molar-refractivity contribution in [2.24, 2.45) is 0 Å². The maximum absolute atomic E-state index is 13.6. The first-order chi connectivity index (χ1) is 8.90. The largest absolute Gasteiger partial charge is 0.478 e. The van der Waals surface area contributed by atoms with E-state index < -0.39 is 17.6 Å². The third-order valence-electron chi connectivity index (χ3n) is 2.68. The summed E-state index contributed by atoms with van der Waals surface area (Å²) in [7, 11) is 0. The Morgan fingerprint density at radius 2 is 2.05 bits per heavy atom. The van der Waals surface area contributed by atoms with Crippen molar-refractivity contribution < 1.29 is 18.7 Å². The minimum absolute atomic E-state index is 0.0100. The molecule has 0 saturated heterocycles. The highest BCUT2D eigenvalue weighted by molar-refractivity contribution is 5.89. The van der Waals surface area contributed by atoms with Crippen LogP contribution in [0, 0.1) is 11.6 Å². The van der Waals surface area contributed by atoms with Gasteiger partial charge in [-0.1, -0.05) is 13.8 Å². The number of benzene rings is 1. The normalized spacial score (nSPS) is 11.0. The van der Waals surface area contributed by atoms with E-state index in [4.69, 9.17) is 5.11 Å². The topological polar surface area (TPSA) is 55.1 Å². The van der Waals surface area contributed by atoms with E-state index in [2.05, 4.69) is 5.10 Å². The number of carboxylic acids is 1. The lowest BCUT2D eigenvalue weighted by Gasteiger charge is -2.03. The Morgan fingerprint density at radius 3 is 2.53 bits per heavy atom. The van der Waals surface area contributed by atoms with E-state index in [1.165, 1.54) is 12.3 Å². The van der Waals surface area contributed by atoms with Crippen LogP contribution in [0.15, 0.2) is 24.4 Å². The summed E-state index contributed by atoms with van der Waals surface area (Å²) in [6.07, 6.45) is 1.23. The second kappa shape index (κ2) is 4.79. The summed E-state index contributed by atoms with van der Waals surface area (Å²) in [6, 6.07) is 3.04. The van der Waals surface area contributed by atoms with Crippen molar-refractivity contribution in [3.8, 4) is 5.69 Å². The molecule has 0 fully saturated rings. The van der Waals surface area contributed by atoms with E-state index in [-0.39, 0.29) is 17.2 Å². The molecule has 19 heavy (non-hydrogen) atoms. The number of carbonyl (C=O) groups is 1. The molecule has 1 N–H and O–H groups in total. The maximum Gasteiger partial charge on any atom is 0.339 e. The first-order valence-corrected chi connectivity index (χ1v) is 5.68. The number of aromatic carboxylic acids is 1. The molecule has 0 bridgehead atoms. The van der Waals surface area contributed by atoms with Gasteiger partial charge in [0.05, 0.1) is 5.69 Å². The molecule has 0 aliphatic carbocycles. The molecule has 0 amide bonds. The van der Waals surface area contributed by atoms with Crippen LogP contribution in [0.25, 0.3) is 5.69 Å². The van der Waals surface area contributed by atoms with Crippen LogP contribution in [0.5, 0.6) is 0 Å². The van der Waals surface area contributed by atoms with Crippen LogP contribution < -0.4 is 0 Å². The van der Waals surface area contributed by atoms with Gasteiger partial charge < -0.3 is 5.11 Å². The van der Waals surface area contributed by atoms with E-state index in [0.29, 0.717) is 5.69 Å². The molecule has 0 spiro atoms. The summed E-state index contributed by atoms with van der Waals surface area (Å²) < 4.78 is 27.6. The lowest BCUT2D eigenvalue weighted by molar-refractivity contribution is 0.0695. The zero-order valence-corrected chi connectivity index (χ0v) is 10.4. The summed E-state index contributed by atoms with van der Waals surface area (Å²) >= 11 is 0. The van der Waals surface area contributed by atoms with E-state index in [1.54, 1.807) is 13.8 Å². The number of halogens is 2. The van der Waals surface area contributed by atoms with Crippen molar-refractivity contribution in [3.05, 3.63) is 47.3 Å². The molecular weight excluding hydrogens is 254 g/mol. The van der Waals surface area contributed by atoms with Gasteiger partial charge in [0.25, 0.3) is 0 Å². The van der Waals surface area contributed by atoms with Crippen LogP contribution in [0.2, 0.25) is 0 Å². The van der Waals surface area contributed by atoms with Crippen LogP contribution in [0.3, 0.4) is 0 Å². The number of hydrogen-bond acceptors (Lipinski definition) is 2. The highest BCUT2D eigenvalue weighted by atomic mass is 19.1. The Morgan fingerprint density at radius 1 is 1.37 bits per heavy atom. The maximum atomic E-state index is 13.6. The van der Waals surface area contributed by atoms with Gasteiger partial charge in [-0.15, -0.1) is 0 Å². The van der Waals surface area contributed by atoms with Crippen LogP contribution >= 0.6 is 0 Å². The minimum Gasteiger partial charge on any atom is -0.478 e. The molecule has 1 aromatic heterocycles. The second-order valence-corrected chi connectivity index (χ2v) is 4.43. The molecule has 2 aromatic rings. The molecule has 0 atom stereocenters. The number of hydrogen-bond donors (Lipinski definition) is 1. The van der Waals surface area contributed by atoms with Crippen LogP contribution in [0.4, 0.5) is 8.78 Å². The van der Waals surface area contributed by atoms with Gasteiger partial charge in [-0.2, -0.15) is 5.10 Å². The summed E-state index contributed by atoms with van der Waals surface area (Å²) in [6.45, 7) is 3.58. The molecule has 0 unspecified atom stereocenters. The molecule has 1 heterocycles. The molecule has 0 aliphatic rings. The Hall–Kier alpha value is -2.24. The highest BCUT2D eigenvalue weighted by Gasteiger charge is 2.19. The summed E-state index contributed by atoms with van der Waals surface area (Å²) in [5, 5.41) is 13.1. The number of nitrogens with zero attached hydrogens (tertiary/aromatic N) is 2. The number of carboxylic acid groups (broad SMARTS) is 1. The van der Waals surface area contributed by atoms with Crippen LogP contribution in [-0.2, 0) is 0 Å². The van der Waals surface area contributed by atoms with Gasteiger partial charge in [-0.3, -0.25) is 0 Å². The van der Waals surface area contributed by atoms with Gasteiger partial charge in [-0.05, 0) is 18.1 Å². The van der Waals surface area contributed by atoms with Gasteiger partial charge in [0, 0.05) is 12.3 Å². The van der Waals surface area contributed by atoms with Crippen molar-refractivity contribution >= 4 is 5.97 Å². The van der Waals surface area contributed by atoms with Crippen LogP contribution in [-0.4, -0.2) is 20.9 Å². The third kappa shape index (κ3) is 2.47. The fourth-order valence-electron chi connectivity index (χ4n) is 1.77. The predicted octanol–water partition coefficient (Wildman–Crippen LogP) is 2.97. The number of aromatic nitrogens is 2. The van der Waals surface area contributed by atoms with Gasteiger partial charge in [0.2, 0.25) is 0 Å². The zero-order chi connectivity index (χ0) is 14.2. The highest BCUT2D eigenvalue weighted by Crippen LogP contribution is 2.21. The Kier molecular flexibility index (Phi) is 3.33. The predicted molar refractivity (Wildman–Crippen MR) is 64.5 cm³/mol. The van der Waals surface area contributed by atoms with Crippen molar-refractivity contribution in [3.63, 3.8) is 0 Å². The molecule has 4 nitrogen and oxygen atoms in total. The van der Waals surface area contributed by atoms with Crippen molar-refractivity contribution in [1.82, 2.24) is 9.78 Å². The molecule has 100 valence electrons. The van der Waals surface area contributed by atoms with E-state index >= 15 is 0 Å². The molecule has 2 rings (SSSR count). The second-order valence-electron chi connectivity index (χ2n) is 4.43. The van der Waals surface area contributed by atoms with Crippen molar-refractivity contribution in [2.45, 2.75) is 19.8 Å². The Labute approximate surface area is 108 Å². The SMILES string of the molecule is CC(C)c1nn(-c2ccc(F)cc2F)cc1C(=O)O. The zero-order valence-electron chi connectivity index (χ0n) is 10.4. The van der Waals surface area contributed by atoms with Gasteiger partial charge in [0.15, 0.2) is 5.82 Å². The van der Waals surface area contributed by atoms with Crippen LogP contribution in [0.1, 0.15) is 35.8 Å². The fourth-order valence-corrected chi connectivity index (χ4v) is 1.77. The molecule has 0 saturated carbocycles. The standard InChI is InChI=1S/C13H12F2N2O2/c1-7(2)12-9(13(18)19)6-17(16-12)11-4-3-8(14)5-10(11)15/h3-7H,1-2H3,(H,18,19). The lowest BCUT2D eigenvalue weighted by atomic mass is 10.1. The summed E-state index contributed by atoms with van der Waals surface area (Å²) in [5.74, 6) is -2.74. The van der Waals surface area contributed by atoms with Gasteiger partial charge >= 0.3 is 5.97 Å². The monoisotopic (exact) mass is 266 g/mol. The average Bonchev–Trinajstić information content (AvgIpc) is 2.73. The first-order valence-electron chi connectivity index (χ1n) is 5.68. The van der Waals surface area contributed by atoms with Gasteiger partial charge in [0.1, 0.15) is 17.1 Å². The number of rotatable bonds is 3. The Bertz CT molecular complexity index is 636. The molecule has 0 radical (unpaired) electrons. The molecular formula is C13H12F2N2O2. The quantitative estimate of drug-likeness (QED) is 0.929. The summed E-state index contributed by atoms with van der Waals surface area (Å²) in [4.78, 5) is 11.1. The van der Waals surface area contributed by atoms with E-state index in [9.17, 15) is 13.6 Å². The Balaban J connectivity index is 2.57. The van der Waals surface area contributed by atoms with E-state index in [1.807, 2.05) is 0 Å². The minimum atomic E-state index is -1.13. The molecule has 0 aliphatic heterocycles. The average molecular weight is 266 g/mol. The smallest absolute Gasteiger partial charge is 0.339 e. The molecule has 6 heteroatoms. The first kappa shape index (κ1) is 13.2. The van der Waals surface area contributed by atoms with Gasteiger partial charge in [-0.25, -0.2) is 18.3 Å².